The molecule has 2 aliphatic rings. The molecule has 2 aromatic carbocycles. The lowest BCUT2D eigenvalue weighted by Crippen LogP contribution is -2.36. The van der Waals surface area contributed by atoms with Crippen LogP contribution in [0.1, 0.15) is 49.7 Å². The van der Waals surface area contributed by atoms with E-state index in [-0.39, 0.29) is 40.9 Å². The third kappa shape index (κ3) is 4.52. The molecule has 0 amide bonds. The van der Waals surface area contributed by atoms with Crippen molar-refractivity contribution in [2.24, 2.45) is 0 Å². The van der Waals surface area contributed by atoms with Crippen LogP contribution >= 0.6 is 11.6 Å². The number of nitrogens with one attached hydrogen (secondary N) is 1. The van der Waals surface area contributed by atoms with Crippen LogP contribution in [-0.2, 0) is 14.3 Å². The Morgan fingerprint density at radius 3 is 2.54 bits per heavy atom. The van der Waals surface area contributed by atoms with Crippen molar-refractivity contribution in [2.75, 3.05) is 20.8 Å². The number of halogens is 2. The van der Waals surface area contributed by atoms with Crippen molar-refractivity contribution in [3.05, 3.63) is 80.9 Å². The fourth-order valence-corrected chi connectivity index (χ4v) is 5.21. The molecule has 4 rings (SSSR count). The highest BCUT2D eigenvalue weighted by Crippen LogP contribution is 2.48. The Hall–Kier alpha value is -3.32. The van der Waals surface area contributed by atoms with E-state index in [1.165, 1.54) is 12.1 Å². The predicted octanol–water partition coefficient (Wildman–Crippen LogP) is 5.42. The number of carbonyl (C=O) groups is 2. The Morgan fingerprint density at radius 1 is 1.14 bits per heavy atom. The largest absolute Gasteiger partial charge is 0.493 e. The molecule has 35 heavy (non-hydrogen) atoms. The third-order valence-electron chi connectivity index (χ3n) is 6.49. The van der Waals surface area contributed by atoms with Crippen LogP contribution in [0.5, 0.6) is 11.5 Å². The average molecular weight is 500 g/mol. The molecule has 1 heterocycles. The van der Waals surface area contributed by atoms with Gasteiger partial charge in [-0.15, -0.1) is 0 Å². The maximum absolute atomic E-state index is 15.1. The summed E-state index contributed by atoms with van der Waals surface area (Å²) in [6, 6.07) is 9.91. The quantitative estimate of drug-likeness (QED) is 0.535. The zero-order valence-corrected chi connectivity index (χ0v) is 20.8. The van der Waals surface area contributed by atoms with Crippen molar-refractivity contribution in [3.8, 4) is 11.5 Å². The highest BCUT2D eigenvalue weighted by molar-refractivity contribution is 6.31. The van der Waals surface area contributed by atoms with Crippen LogP contribution in [0.2, 0.25) is 5.02 Å². The fraction of sp³-hybridized carbons (Fsp3) is 0.333. The molecule has 6 nitrogen and oxygen atoms in total. The smallest absolute Gasteiger partial charge is 0.336 e. The van der Waals surface area contributed by atoms with Crippen molar-refractivity contribution in [3.63, 3.8) is 0 Å². The molecule has 0 fully saturated rings. The van der Waals surface area contributed by atoms with Gasteiger partial charge in [0.15, 0.2) is 17.3 Å². The molecule has 184 valence electrons. The zero-order valence-electron chi connectivity index (χ0n) is 20.0. The molecule has 0 aromatic heterocycles. The van der Waals surface area contributed by atoms with Gasteiger partial charge in [-0.3, -0.25) is 4.79 Å². The minimum Gasteiger partial charge on any atom is -0.493 e. The molecule has 0 radical (unpaired) electrons. The van der Waals surface area contributed by atoms with Crippen molar-refractivity contribution >= 4 is 23.4 Å². The molecule has 1 aliphatic carbocycles. The van der Waals surface area contributed by atoms with Gasteiger partial charge < -0.3 is 19.5 Å². The molecule has 0 spiro atoms. The van der Waals surface area contributed by atoms with Crippen LogP contribution in [0.4, 0.5) is 4.39 Å². The second kappa shape index (κ2) is 10.1. The number of benzene rings is 2. The first-order chi connectivity index (χ1) is 16.8. The molecule has 8 heteroatoms. The lowest BCUT2D eigenvalue weighted by molar-refractivity contribution is -0.138. The summed E-state index contributed by atoms with van der Waals surface area (Å²) in [7, 11) is 3.12. The molecule has 2 aromatic rings. The van der Waals surface area contributed by atoms with Crippen molar-refractivity contribution in [1.29, 1.82) is 0 Å². The summed E-state index contributed by atoms with van der Waals surface area (Å²) in [5, 5.41) is 3.39. The van der Waals surface area contributed by atoms with Gasteiger partial charge in [0.05, 0.1) is 32.3 Å². The maximum Gasteiger partial charge on any atom is 0.336 e. The Kier molecular flexibility index (Phi) is 7.17. The topological polar surface area (TPSA) is 73.9 Å². The number of ether oxygens (including phenoxy) is 3. The number of allylic oxidation sites excluding steroid dienone is 3. The van der Waals surface area contributed by atoms with Gasteiger partial charge in [-0.25, -0.2) is 9.18 Å². The predicted molar refractivity (Wildman–Crippen MR) is 130 cm³/mol. The summed E-state index contributed by atoms with van der Waals surface area (Å²) in [6.07, 6.45) is 0.681. The number of carbonyl (C=O) groups excluding carboxylic acids is 2. The first-order valence-electron chi connectivity index (χ1n) is 11.4. The summed E-state index contributed by atoms with van der Waals surface area (Å²) < 4.78 is 31.2. The molecular weight excluding hydrogens is 473 g/mol. The van der Waals surface area contributed by atoms with Crippen LogP contribution in [0.15, 0.2) is 58.9 Å². The molecule has 0 unspecified atom stereocenters. The van der Waals surface area contributed by atoms with Crippen LogP contribution in [0, 0.1) is 5.82 Å². The Labute approximate surface area is 208 Å². The monoisotopic (exact) mass is 499 g/mol. The van der Waals surface area contributed by atoms with Gasteiger partial charge in [-0.2, -0.15) is 0 Å². The summed E-state index contributed by atoms with van der Waals surface area (Å²) in [4.78, 5) is 26.6. The Balaban J connectivity index is 1.82. The summed E-state index contributed by atoms with van der Waals surface area (Å²) in [5.41, 5.74) is 2.72. The summed E-state index contributed by atoms with van der Waals surface area (Å²) in [6.45, 7) is 3.57. The van der Waals surface area contributed by atoms with Gasteiger partial charge in [-0.05, 0) is 56.0 Å². The van der Waals surface area contributed by atoms with E-state index < -0.39 is 17.7 Å². The van der Waals surface area contributed by atoms with Gasteiger partial charge in [0.2, 0.25) is 0 Å². The molecule has 0 bridgehead atoms. The number of Topliss-reactive ketones (excluding diaryl/α,β-unsaturated/α-hetero) is 1. The van der Waals surface area contributed by atoms with Gasteiger partial charge >= 0.3 is 5.97 Å². The average Bonchev–Trinajstić information content (AvgIpc) is 2.83. The Bertz CT molecular complexity index is 1230. The highest BCUT2D eigenvalue weighted by atomic mass is 35.5. The van der Waals surface area contributed by atoms with E-state index in [0.717, 1.165) is 5.56 Å². The second-order valence-corrected chi connectivity index (χ2v) is 8.89. The van der Waals surface area contributed by atoms with E-state index in [0.29, 0.717) is 34.9 Å². The number of hydrogen-bond donors (Lipinski definition) is 1. The van der Waals surface area contributed by atoms with Gasteiger partial charge in [0.1, 0.15) is 5.82 Å². The molecule has 0 saturated heterocycles. The third-order valence-corrected chi connectivity index (χ3v) is 6.82. The lowest BCUT2D eigenvalue weighted by Gasteiger charge is -2.37. The normalized spacial score (nSPS) is 19.8. The standard InChI is InChI=1S/C27H27ClFNO5/c1-5-35-27(32)23-14(2)30-19-11-16(15-9-10-21(33-3)22(13-15)34-4)12-20(31)25(19)26(23)24-17(28)7-6-8-18(24)29/h6-10,13,16,26,30H,5,11-12H2,1-4H3/t16-,26-/m1/s1. The fourth-order valence-electron chi connectivity index (χ4n) is 4.94. The summed E-state index contributed by atoms with van der Waals surface area (Å²) >= 11 is 6.43. The minimum atomic E-state index is -0.960. The highest BCUT2D eigenvalue weighted by Gasteiger charge is 2.43. The Morgan fingerprint density at radius 2 is 1.89 bits per heavy atom. The van der Waals surface area contributed by atoms with Crippen LogP contribution in [-0.4, -0.2) is 32.6 Å². The molecule has 1 N–H and O–H groups in total. The van der Waals surface area contributed by atoms with Crippen LogP contribution in [0.25, 0.3) is 0 Å². The van der Waals surface area contributed by atoms with Gasteiger partial charge in [-0.1, -0.05) is 23.7 Å². The SMILES string of the molecule is CCOC(=O)C1=C(C)NC2=C(C(=O)C[C@H](c3ccc(OC)c(OC)c3)C2)[C@H]1c1c(F)cccc1Cl. The molecule has 2 atom stereocenters. The first-order valence-corrected chi connectivity index (χ1v) is 11.7. The first kappa shape index (κ1) is 24.8. The van der Waals surface area contributed by atoms with E-state index in [1.54, 1.807) is 34.1 Å². The van der Waals surface area contributed by atoms with E-state index in [2.05, 4.69) is 5.32 Å². The molecule has 0 saturated carbocycles. The minimum absolute atomic E-state index is 0.100. The maximum atomic E-state index is 15.1. The van der Waals surface area contributed by atoms with Gasteiger partial charge in [0, 0.05) is 34.0 Å². The van der Waals surface area contributed by atoms with Crippen LogP contribution < -0.4 is 14.8 Å². The van der Waals surface area contributed by atoms with Crippen molar-refractivity contribution < 1.29 is 28.2 Å². The van der Waals surface area contributed by atoms with Crippen LogP contribution in [0.3, 0.4) is 0 Å². The number of methoxy groups -OCH3 is 2. The van der Waals surface area contributed by atoms with E-state index >= 15 is 4.39 Å². The van der Waals surface area contributed by atoms with Crippen molar-refractivity contribution in [2.45, 2.75) is 38.5 Å². The summed E-state index contributed by atoms with van der Waals surface area (Å²) in [5.74, 6) is -1.30. The molecule has 1 aliphatic heterocycles. The lowest BCUT2D eigenvalue weighted by atomic mass is 9.71. The van der Waals surface area contributed by atoms with E-state index in [1.807, 2.05) is 18.2 Å². The number of esters is 1. The van der Waals surface area contributed by atoms with Gasteiger partial charge in [0.25, 0.3) is 0 Å². The number of dihydropyridines is 1. The van der Waals surface area contributed by atoms with Crippen molar-refractivity contribution in [1.82, 2.24) is 5.32 Å². The van der Waals surface area contributed by atoms with E-state index in [9.17, 15) is 9.59 Å². The zero-order chi connectivity index (χ0) is 25.3. The molecular formula is C27H27ClFNO5. The number of rotatable bonds is 6. The number of ketones is 1. The number of hydrogen-bond acceptors (Lipinski definition) is 6. The van der Waals surface area contributed by atoms with E-state index in [4.69, 9.17) is 25.8 Å². The second-order valence-electron chi connectivity index (χ2n) is 8.49.